The lowest BCUT2D eigenvalue weighted by Gasteiger charge is -2.13. The predicted octanol–water partition coefficient (Wildman–Crippen LogP) is 4.67. The van der Waals surface area contributed by atoms with E-state index >= 15 is 0 Å². The quantitative estimate of drug-likeness (QED) is 0.718. The van der Waals surface area contributed by atoms with Crippen LogP contribution in [0.2, 0.25) is 0 Å². The molecule has 3 aromatic heterocycles. The van der Waals surface area contributed by atoms with Gasteiger partial charge in [-0.15, -0.1) is 22.7 Å². The van der Waals surface area contributed by atoms with Crippen molar-refractivity contribution in [3.8, 4) is 10.6 Å². The Morgan fingerprint density at radius 3 is 2.90 bits per heavy atom. The van der Waals surface area contributed by atoms with Crippen LogP contribution in [-0.4, -0.2) is 10.2 Å². The summed E-state index contributed by atoms with van der Waals surface area (Å²) in [5.74, 6) is 0. The van der Waals surface area contributed by atoms with Gasteiger partial charge in [-0.05, 0) is 43.8 Å². The van der Waals surface area contributed by atoms with Gasteiger partial charge >= 0.3 is 0 Å². The minimum atomic E-state index is 0.348. The highest BCUT2D eigenvalue weighted by Crippen LogP contribution is 2.28. The molecule has 0 aliphatic carbocycles. The molecule has 1 atom stereocenters. The van der Waals surface area contributed by atoms with Gasteiger partial charge in [-0.3, -0.25) is 5.10 Å². The van der Waals surface area contributed by atoms with E-state index in [0.29, 0.717) is 6.04 Å². The molecule has 0 saturated carbocycles. The van der Waals surface area contributed by atoms with Crippen LogP contribution in [0.25, 0.3) is 10.6 Å². The van der Waals surface area contributed by atoms with Crippen molar-refractivity contribution < 1.29 is 0 Å². The van der Waals surface area contributed by atoms with E-state index < -0.39 is 0 Å². The van der Waals surface area contributed by atoms with Crippen LogP contribution in [0, 0.1) is 13.8 Å². The molecule has 1 unspecified atom stereocenters. The maximum atomic E-state index is 4.19. The number of thiophene rings is 2. The Labute approximate surface area is 133 Å². The summed E-state index contributed by atoms with van der Waals surface area (Å²) in [7, 11) is 0. The number of hydrogen-bond donors (Lipinski definition) is 2. The largest absolute Gasteiger partial charge is 0.306 e. The topological polar surface area (TPSA) is 40.7 Å². The lowest BCUT2D eigenvalue weighted by Crippen LogP contribution is -2.18. The number of hydrogen-bond acceptors (Lipinski definition) is 4. The van der Waals surface area contributed by atoms with Crippen molar-refractivity contribution in [1.29, 1.82) is 0 Å². The van der Waals surface area contributed by atoms with Gasteiger partial charge in [-0.25, -0.2) is 0 Å². The molecule has 5 heteroatoms. The molecule has 0 radical (unpaired) electrons. The molecule has 3 nitrogen and oxygen atoms in total. The summed E-state index contributed by atoms with van der Waals surface area (Å²) in [4.78, 5) is 4.01. The Kier molecular flexibility index (Phi) is 4.24. The molecule has 0 fully saturated rings. The van der Waals surface area contributed by atoms with E-state index in [1.165, 1.54) is 25.8 Å². The summed E-state index contributed by atoms with van der Waals surface area (Å²) in [6, 6.07) is 6.82. The summed E-state index contributed by atoms with van der Waals surface area (Å²) in [6.45, 7) is 7.40. The molecule has 0 aromatic carbocycles. The normalized spacial score (nSPS) is 12.7. The van der Waals surface area contributed by atoms with Crippen LogP contribution in [-0.2, 0) is 6.54 Å². The van der Waals surface area contributed by atoms with Gasteiger partial charge in [0.15, 0.2) is 0 Å². The zero-order chi connectivity index (χ0) is 14.8. The number of H-pyrrole nitrogens is 1. The first-order valence-corrected chi connectivity index (χ1v) is 8.71. The number of rotatable bonds is 5. The first-order chi connectivity index (χ1) is 10.1. The van der Waals surface area contributed by atoms with Gasteiger partial charge in [0.1, 0.15) is 0 Å². The van der Waals surface area contributed by atoms with E-state index in [1.807, 2.05) is 17.5 Å². The van der Waals surface area contributed by atoms with Crippen molar-refractivity contribution in [1.82, 2.24) is 15.5 Å². The van der Waals surface area contributed by atoms with Crippen molar-refractivity contribution >= 4 is 22.7 Å². The highest BCUT2D eigenvalue weighted by Gasteiger charge is 2.13. The third-order valence-corrected chi connectivity index (χ3v) is 5.50. The van der Waals surface area contributed by atoms with Gasteiger partial charge in [0.25, 0.3) is 0 Å². The van der Waals surface area contributed by atoms with Crippen molar-refractivity contribution in [2.75, 3.05) is 0 Å². The van der Waals surface area contributed by atoms with E-state index in [-0.39, 0.29) is 0 Å². The minimum Gasteiger partial charge on any atom is -0.306 e. The maximum Gasteiger partial charge on any atom is 0.0794 e. The smallest absolute Gasteiger partial charge is 0.0794 e. The van der Waals surface area contributed by atoms with Crippen molar-refractivity contribution in [3.05, 3.63) is 50.7 Å². The SMILES string of the molecule is Cc1cc(C(C)NCc2cn[nH]c2-c2cccs2)c(C)s1. The third-order valence-electron chi connectivity index (χ3n) is 3.63. The molecule has 21 heavy (non-hydrogen) atoms. The van der Waals surface area contributed by atoms with Crippen LogP contribution >= 0.6 is 22.7 Å². The molecule has 0 amide bonds. The van der Waals surface area contributed by atoms with Gasteiger partial charge in [-0.1, -0.05) is 6.07 Å². The average molecular weight is 317 g/mol. The molecule has 0 spiro atoms. The number of aromatic amines is 1. The van der Waals surface area contributed by atoms with E-state index in [0.717, 1.165) is 12.2 Å². The van der Waals surface area contributed by atoms with Gasteiger partial charge in [0, 0.05) is 27.9 Å². The highest BCUT2D eigenvalue weighted by atomic mass is 32.1. The number of aryl methyl sites for hydroxylation is 2. The summed E-state index contributed by atoms with van der Waals surface area (Å²) in [5, 5.41) is 13.0. The monoisotopic (exact) mass is 317 g/mol. The Morgan fingerprint density at radius 2 is 2.24 bits per heavy atom. The van der Waals surface area contributed by atoms with E-state index in [4.69, 9.17) is 0 Å². The molecule has 3 heterocycles. The first kappa shape index (κ1) is 14.5. The Balaban J connectivity index is 1.71. The van der Waals surface area contributed by atoms with Crippen LogP contribution in [0.4, 0.5) is 0 Å². The molecule has 2 N–H and O–H groups in total. The zero-order valence-electron chi connectivity index (χ0n) is 12.4. The second kappa shape index (κ2) is 6.13. The number of aromatic nitrogens is 2. The van der Waals surface area contributed by atoms with Crippen molar-refractivity contribution in [2.45, 2.75) is 33.4 Å². The fraction of sp³-hybridized carbons (Fsp3) is 0.312. The third kappa shape index (κ3) is 3.10. The standard InChI is InChI=1S/C16H19N3S2/c1-10-7-14(12(3)21-10)11(2)17-8-13-9-18-19-16(13)15-5-4-6-20-15/h4-7,9,11,17H,8H2,1-3H3,(H,18,19). The van der Waals surface area contributed by atoms with Crippen molar-refractivity contribution in [2.24, 2.45) is 0 Å². The van der Waals surface area contributed by atoms with Gasteiger partial charge in [0.2, 0.25) is 0 Å². The lowest BCUT2D eigenvalue weighted by molar-refractivity contribution is 0.574. The first-order valence-electron chi connectivity index (χ1n) is 7.01. The summed E-state index contributed by atoms with van der Waals surface area (Å²) in [6.07, 6.45) is 1.92. The second-order valence-corrected chi connectivity index (χ2v) is 7.63. The fourth-order valence-electron chi connectivity index (χ4n) is 2.53. The number of nitrogens with zero attached hydrogens (tertiary/aromatic N) is 1. The predicted molar refractivity (Wildman–Crippen MR) is 90.9 cm³/mol. The minimum absolute atomic E-state index is 0.348. The Hall–Kier alpha value is -1.43. The van der Waals surface area contributed by atoms with E-state index in [2.05, 4.69) is 59.9 Å². The second-order valence-electron chi connectivity index (χ2n) is 5.22. The summed E-state index contributed by atoms with van der Waals surface area (Å²) >= 11 is 3.60. The number of nitrogens with one attached hydrogen (secondary N) is 2. The van der Waals surface area contributed by atoms with Crippen molar-refractivity contribution in [3.63, 3.8) is 0 Å². The molecule has 3 aromatic rings. The maximum absolute atomic E-state index is 4.19. The molecule has 110 valence electrons. The van der Waals surface area contributed by atoms with Crippen LogP contribution < -0.4 is 5.32 Å². The van der Waals surface area contributed by atoms with Gasteiger partial charge < -0.3 is 5.32 Å². The van der Waals surface area contributed by atoms with Gasteiger partial charge in [0.05, 0.1) is 16.8 Å². The Morgan fingerprint density at radius 1 is 1.38 bits per heavy atom. The zero-order valence-corrected chi connectivity index (χ0v) is 14.1. The van der Waals surface area contributed by atoms with Crippen LogP contribution in [0.5, 0.6) is 0 Å². The fourth-order valence-corrected chi connectivity index (χ4v) is 4.31. The molecule has 0 aliphatic rings. The van der Waals surface area contributed by atoms with Crippen LogP contribution in [0.15, 0.2) is 29.8 Å². The Bertz CT molecular complexity index is 710. The lowest BCUT2D eigenvalue weighted by atomic mass is 10.1. The molecule has 0 bridgehead atoms. The summed E-state index contributed by atoms with van der Waals surface area (Å²) in [5.41, 5.74) is 3.75. The molecule has 3 rings (SSSR count). The highest BCUT2D eigenvalue weighted by molar-refractivity contribution is 7.13. The molecule has 0 saturated heterocycles. The molecule has 0 aliphatic heterocycles. The average Bonchev–Trinajstić information content (AvgIpc) is 3.15. The molecular formula is C16H19N3S2. The van der Waals surface area contributed by atoms with Crippen LogP contribution in [0.3, 0.4) is 0 Å². The van der Waals surface area contributed by atoms with E-state index in [9.17, 15) is 0 Å². The molecular weight excluding hydrogens is 298 g/mol. The van der Waals surface area contributed by atoms with Gasteiger partial charge in [-0.2, -0.15) is 5.10 Å². The summed E-state index contributed by atoms with van der Waals surface area (Å²) < 4.78 is 0. The van der Waals surface area contributed by atoms with E-state index in [1.54, 1.807) is 11.3 Å². The van der Waals surface area contributed by atoms with Crippen LogP contribution in [0.1, 0.15) is 33.8 Å².